The molecule has 0 aliphatic rings. The van der Waals surface area contributed by atoms with Gasteiger partial charge in [0.15, 0.2) is 0 Å². The first kappa shape index (κ1) is 28.4. The van der Waals surface area contributed by atoms with Crippen molar-refractivity contribution >= 4 is 33.9 Å². The van der Waals surface area contributed by atoms with Crippen LogP contribution in [0.2, 0.25) is 0 Å². The molecule has 8 heteroatoms. The van der Waals surface area contributed by atoms with E-state index in [4.69, 9.17) is 0 Å². The molecule has 0 bridgehead atoms. The molecule has 0 aliphatic carbocycles. The Morgan fingerprint density at radius 3 is 1.21 bits per heavy atom. The SMILES string of the molecule is Cc1cc(C)c(C(N=C(C(F)(F)F)C(F)(F)F)=P(c2ccccc2)(c2ccccc2)c2ccccc2)c(C)c1. The Labute approximate surface area is 223 Å². The predicted molar refractivity (Wildman–Crippen MR) is 149 cm³/mol. The van der Waals surface area contributed by atoms with Crippen LogP contribution in [0.1, 0.15) is 22.3 Å². The molecular formula is C31H26F6NP. The van der Waals surface area contributed by atoms with Crippen LogP contribution >= 0.6 is 6.89 Å². The van der Waals surface area contributed by atoms with Crippen molar-refractivity contribution in [3.05, 3.63) is 125 Å². The molecule has 4 aromatic rings. The highest BCUT2D eigenvalue weighted by Gasteiger charge is 2.54. The lowest BCUT2D eigenvalue weighted by molar-refractivity contribution is -0.117. The normalized spacial score (nSPS) is 12.2. The first-order valence-electron chi connectivity index (χ1n) is 12.1. The number of halogens is 6. The van der Waals surface area contributed by atoms with Gasteiger partial charge in [-0.2, -0.15) is 26.3 Å². The minimum atomic E-state index is -5.73. The van der Waals surface area contributed by atoms with Gasteiger partial charge in [-0.05, 0) is 47.8 Å². The maximum Gasteiger partial charge on any atom is 0.438 e. The van der Waals surface area contributed by atoms with Crippen LogP contribution in [0.5, 0.6) is 0 Å². The van der Waals surface area contributed by atoms with Crippen molar-refractivity contribution in [3.8, 4) is 0 Å². The van der Waals surface area contributed by atoms with E-state index in [1.54, 1.807) is 117 Å². The molecule has 0 unspecified atom stereocenters. The van der Waals surface area contributed by atoms with Gasteiger partial charge in [-0.25, -0.2) is 4.99 Å². The fraction of sp³-hybridized carbons (Fsp3) is 0.161. The zero-order chi connectivity index (χ0) is 28.4. The first-order chi connectivity index (χ1) is 18.4. The maximum atomic E-state index is 14.1. The second-order valence-electron chi connectivity index (χ2n) is 9.23. The molecule has 0 radical (unpaired) electrons. The Kier molecular flexibility index (Phi) is 7.94. The summed E-state index contributed by atoms with van der Waals surface area (Å²) in [7, 11) is 0. The molecule has 0 aromatic heterocycles. The van der Waals surface area contributed by atoms with Crippen molar-refractivity contribution in [2.45, 2.75) is 33.1 Å². The number of hydrogen-bond donors (Lipinski definition) is 0. The largest absolute Gasteiger partial charge is 0.438 e. The zero-order valence-corrected chi connectivity index (χ0v) is 22.4. The van der Waals surface area contributed by atoms with Gasteiger partial charge in [0.25, 0.3) is 0 Å². The molecule has 4 aromatic carbocycles. The molecule has 4 rings (SSSR count). The smallest absolute Gasteiger partial charge is 0.238 e. The summed E-state index contributed by atoms with van der Waals surface area (Å²) in [6, 6.07) is 29.7. The van der Waals surface area contributed by atoms with Gasteiger partial charge in [-0.15, -0.1) is 0 Å². The average molecular weight is 558 g/mol. The molecule has 0 fully saturated rings. The van der Waals surface area contributed by atoms with E-state index in [0.717, 1.165) is 5.56 Å². The molecule has 0 heterocycles. The number of benzene rings is 4. The second-order valence-corrected chi connectivity index (χ2v) is 12.5. The average Bonchev–Trinajstić information content (AvgIpc) is 2.87. The van der Waals surface area contributed by atoms with E-state index in [1.165, 1.54) is 0 Å². The Morgan fingerprint density at radius 2 is 0.897 bits per heavy atom. The van der Waals surface area contributed by atoms with Gasteiger partial charge in [0.05, 0.1) is 5.42 Å². The van der Waals surface area contributed by atoms with Crippen LogP contribution < -0.4 is 15.9 Å². The van der Waals surface area contributed by atoms with Crippen molar-refractivity contribution < 1.29 is 26.3 Å². The summed E-state index contributed by atoms with van der Waals surface area (Å²) in [5.74, 6) is 0. The highest BCUT2D eigenvalue weighted by Crippen LogP contribution is 2.49. The third-order valence-corrected chi connectivity index (χ3v) is 10.6. The van der Waals surface area contributed by atoms with Crippen LogP contribution in [-0.4, -0.2) is 23.5 Å². The quantitative estimate of drug-likeness (QED) is 0.136. The lowest BCUT2D eigenvalue weighted by Gasteiger charge is -2.33. The number of alkyl halides is 6. The third-order valence-electron chi connectivity index (χ3n) is 6.40. The van der Waals surface area contributed by atoms with Crippen LogP contribution in [-0.2, 0) is 0 Å². The molecule has 0 amide bonds. The standard InChI is InChI=1S/C31H26F6NP/c1-21-19-22(2)27(23(3)20-21)28(38-29(30(32,33)34)31(35,36)37)39(24-13-7-4-8-14-24,25-15-9-5-10-16-25)26-17-11-6-12-18-26/h4-20H,1-3H3. The van der Waals surface area contributed by atoms with Gasteiger partial charge in [0, 0.05) is 12.4 Å². The van der Waals surface area contributed by atoms with E-state index in [-0.39, 0.29) is 11.0 Å². The summed E-state index contributed by atoms with van der Waals surface area (Å²) in [6.45, 7) is 1.80. The number of aliphatic imine (C=N–C) groups is 1. The number of aryl methyl sites for hydroxylation is 3. The van der Waals surface area contributed by atoms with Gasteiger partial charge in [-0.1, -0.05) is 109 Å². The van der Waals surface area contributed by atoms with E-state index in [1.807, 2.05) is 6.92 Å². The van der Waals surface area contributed by atoms with E-state index in [2.05, 4.69) is 4.99 Å². The van der Waals surface area contributed by atoms with Crippen LogP contribution in [0.3, 0.4) is 0 Å². The topological polar surface area (TPSA) is 12.4 Å². The van der Waals surface area contributed by atoms with Crippen LogP contribution in [0, 0.1) is 20.8 Å². The summed E-state index contributed by atoms with van der Waals surface area (Å²) in [5.41, 5.74) is -0.824. The van der Waals surface area contributed by atoms with Gasteiger partial charge in [-0.3, -0.25) is 0 Å². The van der Waals surface area contributed by atoms with E-state index >= 15 is 0 Å². The second kappa shape index (κ2) is 10.9. The highest BCUT2D eigenvalue weighted by atomic mass is 31.2. The molecule has 0 N–H and O–H groups in total. The highest BCUT2D eigenvalue weighted by molar-refractivity contribution is 7.95. The number of hydrogen-bond acceptors (Lipinski definition) is 0. The minimum Gasteiger partial charge on any atom is -0.238 e. The summed E-state index contributed by atoms with van der Waals surface area (Å²) < 4.78 is 84.6. The maximum absolute atomic E-state index is 14.1. The Balaban J connectivity index is 2.45. The first-order valence-corrected chi connectivity index (χ1v) is 13.9. The lowest BCUT2D eigenvalue weighted by Crippen LogP contribution is -2.39. The Morgan fingerprint density at radius 1 is 0.564 bits per heavy atom. The van der Waals surface area contributed by atoms with Crippen molar-refractivity contribution in [1.29, 1.82) is 0 Å². The van der Waals surface area contributed by atoms with E-state index in [0.29, 0.717) is 27.0 Å². The number of rotatable bonds is 5. The van der Waals surface area contributed by atoms with Crippen molar-refractivity contribution in [2.75, 3.05) is 0 Å². The Hall–Kier alpha value is -3.57. The minimum absolute atomic E-state index is 0.245. The summed E-state index contributed by atoms with van der Waals surface area (Å²) in [4.78, 5) is 3.67. The fourth-order valence-electron chi connectivity index (χ4n) is 4.99. The fourth-order valence-corrected chi connectivity index (χ4v) is 9.42. The van der Waals surface area contributed by atoms with Crippen LogP contribution in [0.25, 0.3) is 0 Å². The molecule has 0 spiro atoms. The van der Waals surface area contributed by atoms with Gasteiger partial charge in [0.2, 0.25) is 5.71 Å². The summed E-state index contributed by atoms with van der Waals surface area (Å²) in [5, 5.41) is 1.76. The molecule has 0 saturated heterocycles. The summed E-state index contributed by atoms with van der Waals surface area (Å²) in [6.07, 6.45) is -11.5. The zero-order valence-electron chi connectivity index (χ0n) is 21.5. The summed E-state index contributed by atoms with van der Waals surface area (Å²) >= 11 is 0. The van der Waals surface area contributed by atoms with Crippen molar-refractivity contribution in [3.63, 3.8) is 0 Å². The van der Waals surface area contributed by atoms with Crippen molar-refractivity contribution in [2.24, 2.45) is 4.99 Å². The van der Waals surface area contributed by atoms with Gasteiger partial charge >= 0.3 is 12.4 Å². The molecule has 0 atom stereocenters. The van der Waals surface area contributed by atoms with E-state index < -0.39 is 25.0 Å². The van der Waals surface area contributed by atoms with Gasteiger partial charge < -0.3 is 0 Å². The van der Waals surface area contributed by atoms with Crippen LogP contribution in [0.15, 0.2) is 108 Å². The molecule has 39 heavy (non-hydrogen) atoms. The lowest BCUT2D eigenvalue weighted by atomic mass is 10.00. The molecule has 202 valence electrons. The number of nitrogens with zero attached hydrogens (tertiary/aromatic N) is 1. The predicted octanol–water partition coefficient (Wildman–Crippen LogP) is 7.65. The Bertz CT molecular complexity index is 1390. The molecule has 1 nitrogen and oxygen atoms in total. The van der Waals surface area contributed by atoms with Crippen molar-refractivity contribution in [1.82, 2.24) is 0 Å². The third kappa shape index (κ3) is 5.60. The van der Waals surface area contributed by atoms with E-state index in [9.17, 15) is 26.3 Å². The molecule has 0 saturated carbocycles. The molecular weight excluding hydrogens is 531 g/mol. The van der Waals surface area contributed by atoms with Gasteiger partial charge in [0.1, 0.15) is 0 Å². The monoisotopic (exact) mass is 557 g/mol. The molecule has 0 aliphatic heterocycles. The van der Waals surface area contributed by atoms with Crippen LogP contribution in [0.4, 0.5) is 26.3 Å².